The van der Waals surface area contributed by atoms with E-state index in [-0.39, 0.29) is 10.7 Å². The molecule has 1 heterocycles. The summed E-state index contributed by atoms with van der Waals surface area (Å²) in [6.45, 7) is 2.21. The number of hydrogen-bond donors (Lipinski definition) is 2. The van der Waals surface area contributed by atoms with Crippen molar-refractivity contribution in [2.75, 3.05) is 6.54 Å². The first-order chi connectivity index (χ1) is 10.4. The molecule has 1 amide bonds. The van der Waals surface area contributed by atoms with Crippen molar-refractivity contribution in [2.45, 2.75) is 24.7 Å². The first-order valence-corrected chi connectivity index (χ1v) is 8.17. The molecule has 0 aliphatic rings. The molecular formula is C13H16N4O4S. The topological polar surface area (TPSA) is 128 Å². The monoisotopic (exact) mass is 324 g/mol. The van der Waals surface area contributed by atoms with Gasteiger partial charge in [0.15, 0.2) is 0 Å². The number of aryl methyl sites for hydroxylation is 1. The van der Waals surface area contributed by atoms with Crippen LogP contribution in [0.15, 0.2) is 33.7 Å². The summed E-state index contributed by atoms with van der Waals surface area (Å²) in [4.78, 5) is 15.7. The third kappa shape index (κ3) is 4.12. The molecule has 0 unspecified atom stereocenters. The summed E-state index contributed by atoms with van der Waals surface area (Å²) >= 11 is 0. The van der Waals surface area contributed by atoms with Crippen molar-refractivity contribution in [3.63, 3.8) is 0 Å². The highest BCUT2D eigenvalue weighted by molar-refractivity contribution is 7.89. The van der Waals surface area contributed by atoms with Gasteiger partial charge in [-0.05, 0) is 24.1 Å². The second-order valence-electron chi connectivity index (χ2n) is 4.56. The molecule has 0 aliphatic carbocycles. The lowest BCUT2D eigenvalue weighted by atomic mass is 10.1. The van der Waals surface area contributed by atoms with Gasteiger partial charge in [-0.15, -0.1) is 0 Å². The van der Waals surface area contributed by atoms with Gasteiger partial charge in [-0.2, -0.15) is 4.98 Å². The highest BCUT2D eigenvalue weighted by Crippen LogP contribution is 2.09. The highest BCUT2D eigenvalue weighted by Gasteiger charge is 2.13. The van der Waals surface area contributed by atoms with Crippen LogP contribution in [0.3, 0.4) is 0 Å². The van der Waals surface area contributed by atoms with Crippen LogP contribution >= 0.6 is 0 Å². The standard InChI is InChI=1S/C13H16N4O4S/c1-2-11-16-12(17-21-11)13(18)15-8-7-9-3-5-10(6-4-9)22(14,19)20/h3-6H,2,7-8H2,1H3,(H,15,18)(H2,14,19,20). The number of nitrogens with zero attached hydrogens (tertiary/aromatic N) is 2. The van der Waals surface area contributed by atoms with E-state index in [4.69, 9.17) is 9.66 Å². The van der Waals surface area contributed by atoms with E-state index in [0.717, 1.165) is 5.56 Å². The minimum atomic E-state index is -3.69. The van der Waals surface area contributed by atoms with Gasteiger partial charge in [-0.3, -0.25) is 4.79 Å². The summed E-state index contributed by atoms with van der Waals surface area (Å²) in [5.74, 6) is -0.00485. The Morgan fingerprint density at radius 1 is 1.32 bits per heavy atom. The van der Waals surface area contributed by atoms with Crippen LogP contribution in [0.1, 0.15) is 29.0 Å². The third-order valence-corrected chi connectivity index (χ3v) is 3.85. The van der Waals surface area contributed by atoms with E-state index in [2.05, 4.69) is 15.5 Å². The number of carbonyl (C=O) groups excluding carboxylic acids is 1. The summed E-state index contributed by atoms with van der Waals surface area (Å²) < 4.78 is 27.1. The lowest BCUT2D eigenvalue weighted by molar-refractivity contribution is 0.0941. The molecule has 3 N–H and O–H groups in total. The average Bonchev–Trinajstić information content (AvgIpc) is 2.96. The van der Waals surface area contributed by atoms with Gasteiger partial charge in [0.25, 0.3) is 11.7 Å². The zero-order chi connectivity index (χ0) is 16.2. The Morgan fingerprint density at radius 2 is 2.00 bits per heavy atom. The maximum atomic E-state index is 11.8. The normalized spacial score (nSPS) is 11.4. The summed E-state index contributed by atoms with van der Waals surface area (Å²) in [6.07, 6.45) is 1.10. The van der Waals surface area contributed by atoms with Gasteiger partial charge in [-0.25, -0.2) is 13.6 Å². The Bertz CT molecular complexity index is 753. The molecule has 0 fully saturated rings. The first-order valence-electron chi connectivity index (χ1n) is 6.62. The van der Waals surface area contributed by atoms with Crippen molar-refractivity contribution < 1.29 is 17.7 Å². The predicted octanol–water partition coefficient (Wildman–Crippen LogP) is 0.252. The van der Waals surface area contributed by atoms with E-state index in [0.29, 0.717) is 25.3 Å². The largest absolute Gasteiger partial charge is 0.349 e. The molecule has 0 bridgehead atoms. The van der Waals surface area contributed by atoms with Crippen LogP contribution < -0.4 is 10.5 Å². The SMILES string of the molecule is CCc1nc(C(=O)NCCc2ccc(S(N)(=O)=O)cc2)no1. The first kappa shape index (κ1) is 16.1. The Balaban J connectivity index is 1.87. The van der Waals surface area contributed by atoms with E-state index < -0.39 is 15.9 Å². The van der Waals surface area contributed by atoms with Crippen LogP contribution in [0.4, 0.5) is 0 Å². The summed E-state index contributed by atoms with van der Waals surface area (Å²) in [5.41, 5.74) is 0.870. The lowest BCUT2D eigenvalue weighted by Crippen LogP contribution is -2.26. The quantitative estimate of drug-likeness (QED) is 0.784. The van der Waals surface area contributed by atoms with Gasteiger partial charge in [0, 0.05) is 13.0 Å². The number of nitrogens with one attached hydrogen (secondary N) is 1. The number of sulfonamides is 1. The number of hydrogen-bond acceptors (Lipinski definition) is 6. The molecule has 8 nitrogen and oxygen atoms in total. The Morgan fingerprint density at radius 3 is 2.55 bits per heavy atom. The van der Waals surface area contributed by atoms with Gasteiger partial charge in [-0.1, -0.05) is 24.2 Å². The molecule has 0 aliphatic heterocycles. The number of rotatable bonds is 6. The second-order valence-corrected chi connectivity index (χ2v) is 6.12. The number of carbonyl (C=O) groups is 1. The molecule has 2 aromatic rings. The fourth-order valence-corrected chi connectivity index (χ4v) is 2.25. The summed E-state index contributed by atoms with van der Waals surface area (Å²) in [7, 11) is -3.69. The number of amides is 1. The zero-order valence-corrected chi connectivity index (χ0v) is 12.8. The van der Waals surface area contributed by atoms with Gasteiger partial charge >= 0.3 is 0 Å². The molecule has 0 saturated carbocycles. The molecule has 0 saturated heterocycles. The third-order valence-electron chi connectivity index (χ3n) is 2.92. The van der Waals surface area contributed by atoms with Crippen molar-refractivity contribution in [3.05, 3.63) is 41.5 Å². The van der Waals surface area contributed by atoms with Crippen LogP contribution in [0.25, 0.3) is 0 Å². The van der Waals surface area contributed by atoms with Crippen LogP contribution in [0, 0.1) is 0 Å². The van der Waals surface area contributed by atoms with Crippen LogP contribution in [0.5, 0.6) is 0 Å². The molecule has 2 rings (SSSR count). The molecule has 9 heteroatoms. The smallest absolute Gasteiger partial charge is 0.292 e. The Kier molecular flexibility index (Phi) is 4.88. The Hall–Kier alpha value is -2.26. The van der Waals surface area contributed by atoms with Gasteiger partial charge in [0.2, 0.25) is 15.9 Å². The van der Waals surface area contributed by atoms with Gasteiger partial charge < -0.3 is 9.84 Å². The van der Waals surface area contributed by atoms with E-state index in [1.165, 1.54) is 12.1 Å². The van der Waals surface area contributed by atoms with Crippen molar-refractivity contribution in [2.24, 2.45) is 5.14 Å². The second kappa shape index (κ2) is 6.67. The van der Waals surface area contributed by atoms with E-state index >= 15 is 0 Å². The number of aromatic nitrogens is 2. The maximum absolute atomic E-state index is 11.8. The number of primary sulfonamides is 1. The molecule has 0 spiro atoms. The molecule has 1 aromatic heterocycles. The number of nitrogens with two attached hydrogens (primary N) is 1. The fourth-order valence-electron chi connectivity index (χ4n) is 1.74. The molecule has 118 valence electrons. The van der Waals surface area contributed by atoms with E-state index in [1.807, 2.05) is 6.92 Å². The average molecular weight is 324 g/mol. The molecular weight excluding hydrogens is 308 g/mol. The van der Waals surface area contributed by atoms with Crippen molar-refractivity contribution in [3.8, 4) is 0 Å². The highest BCUT2D eigenvalue weighted by atomic mass is 32.2. The Labute approximate surface area is 127 Å². The van der Waals surface area contributed by atoms with Crippen molar-refractivity contribution in [1.82, 2.24) is 15.5 Å². The molecule has 22 heavy (non-hydrogen) atoms. The van der Waals surface area contributed by atoms with Crippen LogP contribution in [-0.4, -0.2) is 31.0 Å². The molecule has 1 aromatic carbocycles. The minimum absolute atomic E-state index is 0.00132. The fraction of sp³-hybridized carbons (Fsp3) is 0.308. The van der Waals surface area contributed by atoms with Gasteiger partial charge in [0.1, 0.15) is 0 Å². The molecule has 0 radical (unpaired) electrons. The molecule has 0 atom stereocenters. The van der Waals surface area contributed by atoms with Crippen LogP contribution in [-0.2, 0) is 22.9 Å². The predicted molar refractivity (Wildman–Crippen MR) is 77.5 cm³/mol. The number of benzene rings is 1. The maximum Gasteiger partial charge on any atom is 0.292 e. The zero-order valence-electron chi connectivity index (χ0n) is 11.9. The minimum Gasteiger partial charge on any atom is -0.349 e. The van der Waals surface area contributed by atoms with Crippen molar-refractivity contribution in [1.29, 1.82) is 0 Å². The summed E-state index contributed by atoms with van der Waals surface area (Å²) in [6, 6.07) is 6.16. The van der Waals surface area contributed by atoms with E-state index in [1.54, 1.807) is 12.1 Å². The van der Waals surface area contributed by atoms with Gasteiger partial charge in [0.05, 0.1) is 4.90 Å². The van der Waals surface area contributed by atoms with E-state index in [9.17, 15) is 13.2 Å². The van der Waals surface area contributed by atoms with Crippen LogP contribution in [0.2, 0.25) is 0 Å². The van der Waals surface area contributed by atoms with Crippen molar-refractivity contribution >= 4 is 15.9 Å². The summed E-state index contributed by atoms with van der Waals surface area (Å²) in [5, 5.41) is 11.3. The lowest BCUT2D eigenvalue weighted by Gasteiger charge is -2.04.